The monoisotopic (exact) mass is 255 g/mol. The van der Waals surface area contributed by atoms with Gasteiger partial charge >= 0.3 is 0 Å². The van der Waals surface area contributed by atoms with Crippen LogP contribution in [0.4, 0.5) is 0 Å². The van der Waals surface area contributed by atoms with Crippen LogP contribution in [0.3, 0.4) is 0 Å². The SMILES string of the molecule is C=C(C)COCCNC(=O)c1cnc(Cl)cn1. The molecule has 1 amide bonds. The van der Waals surface area contributed by atoms with Crippen LogP contribution in [-0.4, -0.2) is 35.6 Å². The van der Waals surface area contributed by atoms with Crippen molar-refractivity contribution in [1.82, 2.24) is 15.3 Å². The van der Waals surface area contributed by atoms with Crippen molar-refractivity contribution in [3.63, 3.8) is 0 Å². The fourth-order valence-electron chi connectivity index (χ4n) is 1.00. The molecule has 0 aromatic carbocycles. The highest BCUT2D eigenvalue weighted by atomic mass is 35.5. The van der Waals surface area contributed by atoms with E-state index in [9.17, 15) is 4.79 Å². The standard InChI is InChI=1S/C11H14ClN3O2/c1-8(2)7-17-4-3-13-11(16)9-5-15-10(12)6-14-9/h5-6H,1,3-4,7H2,2H3,(H,13,16). The summed E-state index contributed by atoms with van der Waals surface area (Å²) < 4.78 is 5.23. The maximum atomic E-state index is 11.5. The van der Waals surface area contributed by atoms with Gasteiger partial charge in [0.15, 0.2) is 0 Å². The van der Waals surface area contributed by atoms with Crippen LogP contribution < -0.4 is 5.32 Å². The Morgan fingerprint density at radius 3 is 2.88 bits per heavy atom. The van der Waals surface area contributed by atoms with Crippen molar-refractivity contribution < 1.29 is 9.53 Å². The van der Waals surface area contributed by atoms with Gasteiger partial charge in [0.05, 0.1) is 25.6 Å². The first-order chi connectivity index (χ1) is 8.09. The van der Waals surface area contributed by atoms with Gasteiger partial charge in [0.25, 0.3) is 5.91 Å². The largest absolute Gasteiger partial charge is 0.375 e. The van der Waals surface area contributed by atoms with E-state index < -0.39 is 0 Å². The van der Waals surface area contributed by atoms with Gasteiger partial charge in [-0.1, -0.05) is 23.8 Å². The predicted octanol–water partition coefficient (Wildman–Crippen LogP) is 1.45. The number of halogens is 1. The lowest BCUT2D eigenvalue weighted by Gasteiger charge is -2.05. The van der Waals surface area contributed by atoms with Gasteiger partial charge in [-0.2, -0.15) is 0 Å². The summed E-state index contributed by atoms with van der Waals surface area (Å²) in [7, 11) is 0. The number of ether oxygens (including phenoxy) is 1. The molecule has 0 aliphatic heterocycles. The summed E-state index contributed by atoms with van der Waals surface area (Å²) in [5.74, 6) is -0.298. The minimum Gasteiger partial charge on any atom is -0.375 e. The average molecular weight is 256 g/mol. The van der Waals surface area contributed by atoms with Gasteiger partial charge in [0, 0.05) is 6.54 Å². The molecule has 1 aromatic heterocycles. The van der Waals surface area contributed by atoms with Crippen LogP contribution in [-0.2, 0) is 4.74 Å². The predicted molar refractivity (Wildman–Crippen MR) is 65.0 cm³/mol. The summed E-state index contributed by atoms with van der Waals surface area (Å²) in [5, 5.41) is 2.91. The molecule has 1 rings (SSSR count). The molecule has 0 saturated heterocycles. The molecule has 0 aliphatic carbocycles. The number of hydrogen-bond acceptors (Lipinski definition) is 4. The van der Waals surface area contributed by atoms with E-state index in [0.29, 0.717) is 19.8 Å². The van der Waals surface area contributed by atoms with Gasteiger partial charge in [0.1, 0.15) is 10.8 Å². The zero-order valence-electron chi connectivity index (χ0n) is 9.57. The van der Waals surface area contributed by atoms with Crippen molar-refractivity contribution in [3.8, 4) is 0 Å². The second kappa shape index (κ2) is 6.98. The average Bonchev–Trinajstić information content (AvgIpc) is 2.29. The number of carbonyl (C=O) groups excluding carboxylic acids is 1. The van der Waals surface area contributed by atoms with Gasteiger partial charge in [-0.3, -0.25) is 4.79 Å². The van der Waals surface area contributed by atoms with Crippen molar-refractivity contribution in [2.45, 2.75) is 6.92 Å². The maximum absolute atomic E-state index is 11.5. The molecule has 6 heteroatoms. The van der Waals surface area contributed by atoms with Crippen LogP contribution in [0.1, 0.15) is 17.4 Å². The molecule has 92 valence electrons. The summed E-state index contributed by atoms with van der Waals surface area (Å²) in [6, 6.07) is 0. The Morgan fingerprint density at radius 2 is 2.29 bits per heavy atom. The third kappa shape index (κ3) is 5.42. The summed E-state index contributed by atoms with van der Waals surface area (Å²) in [6.07, 6.45) is 2.65. The third-order valence-corrected chi connectivity index (χ3v) is 1.93. The number of nitrogens with zero attached hydrogens (tertiary/aromatic N) is 2. The Hall–Kier alpha value is -1.46. The van der Waals surface area contributed by atoms with E-state index >= 15 is 0 Å². The van der Waals surface area contributed by atoms with Gasteiger partial charge in [-0.15, -0.1) is 0 Å². The Bertz CT molecular complexity index is 392. The van der Waals surface area contributed by atoms with Crippen LogP contribution in [0.15, 0.2) is 24.5 Å². The van der Waals surface area contributed by atoms with Gasteiger partial charge < -0.3 is 10.1 Å². The summed E-state index contributed by atoms with van der Waals surface area (Å²) in [6.45, 7) is 6.92. The Morgan fingerprint density at radius 1 is 1.53 bits per heavy atom. The molecule has 1 aromatic rings. The molecule has 0 unspecified atom stereocenters. The summed E-state index contributed by atoms with van der Waals surface area (Å²) in [5.41, 5.74) is 1.18. The van der Waals surface area contributed by atoms with Crippen LogP contribution in [0.2, 0.25) is 5.15 Å². The lowest BCUT2D eigenvalue weighted by atomic mass is 10.4. The van der Waals surface area contributed by atoms with Gasteiger partial charge in [-0.05, 0) is 6.92 Å². The molecular weight excluding hydrogens is 242 g/mol. The van der Waals surface area contributed by atoms with E-state index in [2.05, 4.69) is 21.9 Å². The van der Waals surface area contributed by atoms with Crippen molar-refractivity contribution in [1.29, 1.82) is 0 Å². The quantitative estimate of drug-likeness (QED) is 0.617. The molecule has 17 heavy (non-hydrogen) atoms. The molecule has 1 heterocycles. The fraction of sp³-hybridized carbons (Fsp3) is 0.364. The van der Waals surface area contributed by atoms with E-state index in [1.165, 1.54) is 12.4 Å². The van der Waals surface area contributed by atoms with Crippen LogP contribution in [0, 0.1) is 0 Å². The van der Waals surface area contributed by atoms with Crippen LogP contribution >= 0.6 is 11.6 Å². The number of amides is 1. The third-order valence-electron chi connectivity index (χ3n) is 1.73. The first-order valence-electron chi connectivity index (χ1n) is 5.07. The Labute approximate surface area is 105 Å². The second-order valence-corrected chi connectivity index (χ2v) is 3.88. The number of carbonyl (C=O) groups is 1. The Balaban J connectivity index is 2.25. The first kappa shape index (κ1) is 13.6. The fourth-order valence-corrected chi connectivity index (χ4v) is 1.10. The minimum absolute atomic E-state index is 0.231. The maximum Gasteiger partial charge on any atom is 0.271 e. The van der Waals surface area contributed by atoms with E-state index in [4.69, 9.17) is 16.3 Å². The molecule has 0 atom stereocenters. The van der Waals surface area contributed by atoms with E-state index in [1.807, 2.05) is 6.92 Å². The Kier molecular flexibility index (Phi) is 5.59. The normalized spacial score (nSPS) is 10.0. The number of hydrogen-bond donors (Lipinski definition) is 1. The number of rotatable bonds is 6. The molecule has 0 aliphatic rings. The van der Waals surface area contributed by atoms with Crippen LogP contribution in [0.25, 0.3) is 0 Å². The molecule has 5 nitrogen and oxygen atoms in total. The smallest absolute Gasteiger partial charge is 0.271 e. The van der Waals surface area contributed by atoms with E-state index in [-0.39, 0.29) is 16.8 Å². The summed E-state index contributed by atoms with van der Waals surface area (Å²) >= 11 is 5.56. The molecule has 0 spiro atoms. The molecular formula is C11H14ClN3O2. The molecule has 0 bridgehead atoms. The van der Waals surface area contributed by atoms with E-state index in [1.54, 1.807) is 0 Å². The number of nitrogens with one attached hydrogen (secondary N) is 1. The minimum atomic E-state index is -0.298. The zero-order chi connectivity index (χ0) is 12.7. The highest BCUT2D eigenvalue weighted by Crippen LogP contribution is 2.00. The zero-order valence-corrected chi connectivity index (χ0v) is 10.3. The molecule has 0 fully saturated rings. The van der Waals surface area contributed by atoms with Crippen molar-refractivity contribution in [2.24, 2.45) is 0 Å². The van der Waals surface area contributed by atoms with E-state index in [0.717, 1.165) is 5.57 Å². The van der Waals surface area contributed by atoms with Crippen molar-refractivity contribution >= 4 is 17.5 Å². The van der Waals surface area contributed by atoms with Gasteiger partial charge in [0.2, 0.25) is 0 Å². The topological polar surface area (TPSA) is 64.1 Å². The number of aromatic nitrogens is 2. The lowest BCUT2D eigenvalue weighted by Crippen LogP contribution is -2.28. The van der Waals surface area contributed by atoms with Crippen LogP contribution in [0.5, 0.6) is 0 Å². The molecule has 1 N–H and O–H groups in total. The highest BCUT2D eigenvalue weighted by Gasteiger charge is 2.06. The van der Waals surface area contributed by atoms with Crippen molar-refractivity contribution in [3.05, 3.63) is 35.4 Å². The second-order valence-electron chi connectivity index (χ2n) is 3.49. The summed E-state index contributed by atoms with van der Waals surface area (Å²) in [4.78, 5) is 19.1. The first-order valence-corrected chi connectivity index (χ1v) is 5.45. The van der Waals surface area contributed by atoms with Crippen molar-refractivity contribution in [2.75, 3.05) is 19.8 Å². The molecule has 0 radical (unpaired) electrons. The van der Waals surface area contributed by atoms with Gasteiger partial charge in [-0.25, -0.2) is 9.97 Å². The molecule has 0 saturated carbocycles. The highest BCUT2D eigenvalue weighted by molar-refractivity contribution is 6.29. The lowest BCUT2D eigenvalue weighted by molar-refractivity contribution is 0.0921.